The smallest absolute Gasteiger partial charge is 0.243 e. The van der Waals surface area contributed by atoms with Gasteiger partial charge in [-0.05, 0) is 12.1 Å². The van der Waals surface area contributed by atoms with Crippen molar-refractivity contribution < 1.29 is 13.2 Å². The molecule has 102 valence electrons. The molecule has 4 N–H and O–H groups in total. The van der Waals surface area contributed by atoms with Crippen molar-refractivity contribution in [3.05, 3.63) is 30.4 Å². The van der Waals surface area contributed by atoms with E-state index < -0.39 is 10.0 Å². The van der Waals surface area contributed by atoms with Crippen molar-refractivity contribution in [2.75, 3.05) is 12.8 Å². The summed E-state index contributed by atoms with van der Waals surface area (Å²) in [6.07, 6.45) is 1.30. The SMILES string of the molecule is COc1ccc(S(=O)(=O)NCc2ncn[nH]2)c(N)c1. The van der Waals surface area contributed by atoms with Crippen molar-refractivity contribution in [1.29, 1.82) is 0 Å². The molecule has 8 nitrogen and oxygen atoms in total. The average Bonchev–Trinajstić information content (AvgIpc) is 2.89. The van der Waals surface area contributed by atoms with Crippen LogP contribution in [-0.4, -0.2) is 30.7 Å². The van der Waals surface area contributed by atoms with Crippen LogP contribution >= 0.6 is 0 Å². The molecule has 9 heteroatoms. The highest BCUT2D eigenvalue weighted by Crippen LogP contribution is 2.23. The number of aromatic nitrogens is 3. The molecule has 0 bridgehead atoms. The van der Waals surface area contributed by atoms with Gasteiger partial charge in [0.25, 0.3) is 0 Å². The van der Waals surface area contributed by atoms with Gasteiger partial charge in [0, 0.05) is 6.07 Å². The number of sulfonamides is 1. The number of hydrogen-bond acceptors (Lipinski definition) is 6. The number of nitrogens with one attached hydrogen (secondary N) is 2. The van der Waals surface area contributed by atoms with Gasteiger partial charge in [-0.3, -0.25) is 5.10 Å². The Hall–Kier alpha value is -2.13. The monoisotopic (exact) mass is 283 g/mol. The maximum absolute atomic E-state index is 12.1. The van der Waals surface area contributed by atoms with E-state index in [0.29, 0.717) is 11.6 Å². The summed E-state index contributed by atoms with van der Waals surface area (Å²) in [6.45, 7) is 0.00774. The summed E-state index contributed by atoms with van der Waals surface area (Å²) >= 11 is 0. The number of nitrogen functional groups attached to an aromatic ring is 1. The molecule has 1 aromatic heterocycles. The Balaban J connectivity index is 2.19. The van der Waals surface area contributed by atoms with Gasteiger partial charge in [-0.2, -0.15) is 5.10 Å². The van der Waals surface area contributed by atoms with Crippen LogP contribution < -0.4 is 15.2 Å². The van der Waals surface area contributed by atoms with Crippen LogP contribution in [0, 0.1) is 0 Å². The molecule has 19 heavy (non-hydrogen) atoms. The second kappa shape index (κ2) is 5.24. The standard InChI is InChI=1S/C10H13N5O3S/c1-18-7-2-3-9(8(11)4-7)19(16,17)14-5-10-12-6-13-15-10/h2-4,6,14H,5,11H2,1H3,(H,12,13,15). The molecule has 0 amide bonds. The molecule has 0 radical (unpaired) electrons. The minimum absolute atomic E-state index is 0.00665. The van der Waals surface area contributed by atoms with Crippen molar-refractivity contribution in [2.45, 2.75) is 11.4 Å². The van der Waals surface area contributed by atoms with Gasteiger partial charge in [-0.25, -0.2) is 18.1 Å². The zero-order valence-corrected chi connectivity index (χ0v) is 10.9. The number of rotatable bonds is 5. The maximum atomic E-state index is 12.1. The van der Waals surface area contributed by atoms with Gasteiger partial charge < -0.3 is 10.5 Å². The fraction of sp³-hybridized carbons (Fsp3) is 0.200. The third kappa shape index (κ3) is 3.01. The zero-order valence-electron chi connectivity index (χ0n) is 10.1. The van der Waals surface area contributed by atoms with E-state index >= 15 is 0 Å². The largest absolute Gasteiger partial charge is 0.497 e. The Morgan fingerprint density at radius 1 is 1.47 bits per heavy atom. The molecule has 0 fully saturated rings. The van der Waals surface area contributed by atoms with Crippen LogP contribution in [0.15, 0.2) is 29.4 Å². The Kier molecular flexibility index (Phi) is 3.67. The van der Waals surface area contributed by atoms with E-state index in [0.717, 1.165) is 0 Å². The van der Waals surface area contributed by atoms with Gasteiger partial charge in [0.2, 0.25) is 10.0 Å². The average molecular weight is 283 g/mol. The van der Waals surface area contributed by atoms with E-state index in [1.807, 2.05) is 0 Å². The molecular formula is C10H13N5O3S. The van der Waals surface area contributed by atoms with E-state index in [2.05, 4.69) is 19.9 Å². The Labute approximate surface area is 110 Å². The number of methoxy groups -OCH3 is 1. The van der Waals surface area contributed by atoms with Crippen molar-refractivity contribution in [3.8, 4) is 5.75 Å². The third-order valence-electron chi connectivity index (χ3n) is 2.40. The molecule has 1 aromatic carbocycles. The molecule has 0 saturated heterocycles. The van der Waals surface area contributed by atoms with Crippen molar-refractivity contribution in [2.24, 2.45) is 0 Å². The molecule has 0 aliphatic carbocycles. The summed E-state index contributed by atoms with van der Waals surface area (Å²) in [5.41, 5.74) is 5.81. The van der Waals surface area contributed by atoms with Crippen molar-refractivity contribution in [3.63, 3.8) is 0 Å². The third-order valence-corrected chi connectivity index (χ3v) is 3.88. The van der Waals surface area contributed by atoms with E-state index in [1.54, 1.807) is 0 Å². The summed E-state index contributed by atoms with van der Waals surface area (Å²) < 4.78 is 31.4. The van der Waals surface area contributed by atoms with E-state index in [-0.39, 0.29) is 17.1 Å². The molecule has 2 rings (SSSR count). The summed E-state index contributed by atoms with van der Waals surface area (Å²) in [7, 11) is -2.23. The van der Waals surface area contributed by atoms with Gasteiger partial charge in [0.05, 0.1) is 19.3 Å². The second-order valence-electron chi connectivity index (χ2n) is 3.66. The van der Waals surface area contributed by atoms with Crippen molar-refractivity contribution >= 4 is 15.7 Å². The number of ether oxygens (including phenoxy) is 1. The first-order valence-corrected chi connectivity index (χ1v) is 6.78. The predicted molar refractivity (Wildman–Crippen MR) is 67.8 cm³/mol. The summed E-state index contributed by atoms with van der Waals surface area (Å²) in [6, 6.07) is 4.36. The Bertz CT molecular complexity index is 654. The fourth-order valence-corrected chi connectivity index (χ4v) is 2.55. The van der Waals surface area contributed by atoms with Crippen molar-refractivity contribution in [1.82, 2.24) is 19.9 Å². The van der Waals surface area contributed by atoms with Crippen LogP contribution in [0.4, 0.5) is 5.69 Å². The molecule has 0 atom stereocenters. The van der Waals surface area contributed by atoms with Crippen LogP contribution in [0.3, 0.4) is 0 Å². The molecule has 0 spiro atoms. The lowest BCUT2D eigenvalue weighted by Crippen LogP contribution is -2.24. The lowest BCUT2D eigenvalue weighted by atomic mass is 10.3. The fourth-order valence-electron chi connectivity index (χ4n) is 1.46. The van der Waals surface area contributed by atoms with Crippen LogP contribution in [0.25, 0.3) is 0 Å². The van der Waals surface area contributed by atoms with Crippen LogP contribution in [0.1, 0.15) is 5.82 Å². The molecular weight excluding hydrogens is 270 g/mol. The predicted octanol–water partition coefficient (Wildman–Crippen LogP) is -0.126. The lowest BCUT2D eigenvalue weighted by molar-refractivity contribution is 0.414. The molecule has 2 aromatic rings. The summed E-state index contributed by atoms with van der Waals surface area (Å²) in [5.74, 6) is 0.905. The van der Waals surface area contributed by atoms with E-state index in [9.17, 15) is 8.42 Å². The van der Waals surface area contributed by atoms with Gasteiger partial charge in [-0.1, -0.05) is 0 Å². The highest BCUT2D eigenvalue weighted by atomic mass is 32.2. The zero-order chi connectivity index (χ0) is 13.9. The molecule has 0 aliphatic rings. The Morgan fingerprint density at radius 2 is 2.26 bits per heavy atom. The van der Waals surface area contributed by atoms with Gasteiger partial charge in [0.1, 0.15) is 22.8 Å². The summed E-state index contributed by atoms with van der Waals surface area (Å²) in [4.78, 5) is 3.81. The molecule has 1 heterocycles. The number of aromatic amines is 1. The van der Waals surface area contributed by atoms with Crippen LogP contribution in [0.2, 0.25) is 0 Å². The Morgan fingerprint density at radius 3 is 2.84 bits per heavy atom. The number of anilines is 1. The van der Waals surface area contributed by atoms with Gasteiger partial charge in [-0.15, -0.1) is 0 Å². The van der Waals surface area contributed by atoms with Crippen LogP contribution in [0.5, 0.6) is 5.75 Å². The number of hydrogen-bond donors (Lipinski definition) is 3. The quantitative estimate of drug-likeness (QED) is 0.657. The highest BCUT2D eigenvalue weighted by molar-refractivity contribution is 7.89. The number of H-pyrrole nitrogens is 1. The highest BCUT2D eigenvalue weighted by Gasteiger charge is 2.18. The van der Waals surface area contributed by atoms with E-state index in [1.165, 1.54) is 31.6 Å². The first-order chi connectivity index (χ1) is 9.03. The summed E-state index contributed by atoms with van der Waals surface area (Å²) in [5, 5.41) is 6.18. The molecule has 0 aliphatic heterocycles. The van der Waals surface area contributed by atoms with E-state index in [4.69, 9.17) is 10.5 Å². The lowest BCUT2D eigenvalue weighted by Gasteiger charge is -2.09. The number of benzene rings is 1. The maximum Gasteiger partial charge on any atom is 0.243 e. The second-order valence-corrected chi connectivity index (χ2v) is 5.40. The molecule has 0 unspecified atom stereocenters. The minimum Gasteiger partial charge on any atom is -0.497 e. The first kappa shape index (κ1) is 13.3. The topological polar surface area (TPSA) is 123 Å². The minimum atomic E-state index is -3.71. The van der Waals surface area contributed by atoms with Crippen LogP contribution in [-0.2, 0) is 16.6 Å². The number of nitrogens with zero attached hydrogens (tertiary/aromatic N) is 2. The normalized spacial score (nSPS) is 11.4. The number of nitrogens with two attached hydrogens (primary N) is 1. The van der Waals surface area contributed by atoms with Gasteiger partial charge in [0.15, 0.2) is 0 Å². The first-order valence-electron chi connectivity index (χ1n) is 5.30. The molecule has 0 saturated carbocycles. The van der Waals surface area contributed by atoms with Gasteiger partial charge >= 0.3 is 0 Å².